The van der Waals surface area contributed by atoms with Crippen LogP contribution in [0.25, 0.3) is 49.5 Å². The van der Waals surface area contributed by atoms with Crippen LogP contribution in [0.1, 0.15) is 0 Å². The number of fused-ring (bicyclic) bond motifs is 5. The lowest BCUT2D eigenvalue weighted by molar-refractivity contribution is 1.08. The molecule has 3 heterocycles. The Kier molecular flexibility index (Phi) is 3.47. The highest BCUT2D eigenvalue weighted by molar-refractivity contribution is 6.18. The van der Waals surface area contributed by atoms with Gasteiger partial charge in [0.2, 0.25) is 0 Å². The van der Waals surface area contributed by atoms with Gasteiger partial charge in [-0.2, -0.15) is 0 Å². The lowest BCUT2D eigenvalue weighted by Gasteiger charge is -2.10. The zero-order valence-electron chi connectivity index (χ0n) is 15.7. The molecule has 0 atom stereocenters. The first-order valence-corrected chi connectivity index (χ1v) is 9.68. The summed E-state index contributed by atoms with van der Waals surface area (Å²) in [6, 6.07) is 29.7. The molecule has 6 aromatic rings. The fourth-order valence-electron chi connectivity index (χ4n) is 4.19. The molecule has 136 valence electrons. The Morgan fingerprint density at radius 2 is 1.41 bits per heavy atom. The molecule has 0 bridgehead atoms. The Balaban J connectivity index is 1.67. The fourth-order valence-corrected chi connectivity index (χ4v) is 4.19. The molecule has 3 heteroatoms. The summed E-state index contributed by atoms with van der Waals surface area (Å²) in [5.74, 6) is 0.917. The average molecular weight is 371 g/mol. The van der Waals surface area contributed by atoms with E-state index in [4.69, 9.17) is 4.98 Å². The predicted octanol–water partition coefficient (Wildman–Crippen LogP) is 6.39. The molecule has 6 rings (SSSR count). The van der Waals surface area contributed by atoms with Gasteiger partial charge in [0.25, 0.3) is 0 Å². The monoisotopic (exact) mass is 371 g/mol. The minimum Gasteiger partial charge on any atom is -0.293 e. The van der Waals surface area contributed by atoms with E-state index in [9.17, 15) is 0 Å². The summed E-state index contributed by atoms with van der Waals surface area (Å²) in [6.45, 7) is 0. The molecule has 0 amide bonds. The number of aromatic nitrogens is 3. The van der Waals surface area contributed by atoms with Crippen molar-refractivity contribution < 1.29 is 0 Å². The van der Waals surface area contributed by atoms with E-state index in [0.29, 0.717) is 0 Å². The standard InChI is InChI=1S/C26H17N3/c1-2-8-21-18(6-1)11-13-23-22-9-3-4-10-24(22)29(26(21)23)25-14-12-20(17-28-25)19-7-5-15-27-16-19/h1-17H. The largest absolute Gasteiger partial charge is 0.293 e. The number of pyridine rings is 2. The zero-order chi connectivity index (χ0) is 19.2. The van der Waals surface area contributed by atoms with Crippen molar-refractivity contribution >= 4 is 32.6 Å². The SMILES string of the molecule is c1cncc(-c2ccc(-n3c4ccccc4c4ccc5ccccc5c43)nc2)c1. The Hall–Kier alpha value is -3.98. The summed E-state index contributed by atoms with van der Waals surface area (Å²) in [4.78, 5) is 9.06. The van der Waals surface area contributed by atoms with Crippen LogP contribution in [-0.4, -0.2) is 14.5 Å². The van der Waals surface area contributed by atoms with Crippen molar-refractivity contribution in [1.29, 1.82) is 0 Å². The van der Waals surface area contributed by atoms with E-state index in [1.165, 1.54) is 32.6 Å². The quantitative estimate of drug-likeness (QED) is 0.353. The zero-order valence-corrected chi connectivity index (χ0v) is 15.7. The van der Waals surface area contributed by atoms with Crippen molar-refractivity contribution in [2.24, 2.45) is 0 Å². The van der Waals surface area contributed by atoms with Crippen molar-refractivity contribution in [2.45, 2.75) is 0 Å². The molecule has 0 radical (unpaired) electrons. The second-order valence-corrected chi connectivity index (χ2v) is 7.18. The minimum absolute atomic E-state index is 0.917. The molecule has 0 aliphatic carbocycles. The van der Waals surface area contributed by atoms with Crippen LogP contribution < -0.4 is 0 Å². The summed E-state index contributed by atoms with van der Waals surface area (Å²) >= 11 is 0. The summed E-state index contributed by atoms with van der Waals surface area (Å²) in [5.41, 5.74) is 4.50. The lowest BCUT2D eigenvalue weighted by Crippen LogP contribution is -1.97. The van der Waals surface area contributed by atoms with Crippen LogP contribution in [0.15, 0.2) is 104 Å². The van der Waals surface area contributed by atoms with Crippen LogP contribution >= 0.6 is 0 Å². The Bertz CT molecular complexity index is 1480. The maximum absolute atomic E-state index is 4.84. The predicted molar refractivity (Wildman–Crippen MR) is 119 cm³/mol. The molecule has 0 fully saturated rings. The van der Waals surface area contributed by atoms with Gasteiger partial charge in [0.15, 0.2) is 0 Å². The molecule has 0 aliphatic rings. The van der Waals surface area contributed by atoms with Gasteiger partial charge in [-0.25, -0.2) is 4.98 Å². The van der Waals surface area contributed by atoms with Gasteiger partial charge < -0.3 is 0 Å². The molecule has 3 nitrogen and oxygen atoms in total. The molecule has 0 unspecified atom stereocenters. The molecule has 0 saturated carbocycles. The van der Waals surface area contributed by atoms with Crippen LogP contribution in [0.5, 0.6) is 0 Å². The summed E-state index contributed by atoms with van der Waals surface area (Å²) in [6.07, 6.45) is 5.58. The minimum atomic E-state index is 0.917. The number of nitrogens with zero attached hydrogens (tertiary/aromatic N) is 3. The summed E-state index contributed by atoms with van der Waals surface area (Å²) in [5, 5.41) is 4.96. The number of benzene rings is 3. The van der Waals surface area contributed by atoms with Gasteiger partial charge in [0.1, 0.15) is 5.82 Å². The number of hydrogen-bond donors (Lipinski definition) is 0. The first kappa shape index (κ1) is 16.0. The van der Waals surface area contributed by atoms with E-state index >= 15 is 0 Å². The molecular formula is C26H17N3. The highest BCUT2D eigenvalue weighted by atomic mass is 15.1. The Labute approximate surface area is 167 Å². The summed E-state index contributed by atoms with van der Waals surface area (Å²) < 4.78 is 2.28. The maximum Gasteiger partial charge on any atom is 0.137 e. The van der Waals surface area contributed by atoms with Crippen molar-refractivity contribution in [3.05, 3.63) is 104 Å². The van der Waals surface area contributed by atoms with Gasteiger partial charge in [-0.15, -0.1) is 0 Å². The third kappa shape index (κ3) is 2.44. The molecule has 0 aliphatic heterocycles. The van der Waals surface area contributed by atoms with E-state index < -0.39 is 0 Å². The van der Waals surface area contributed by atoms with Crippen molar-refractivity contribution in [3.63, 3.8) is 0 Å². The first-order chi connectivity index (χ1) is 14.4. The van der Waals surface area contributed by atoms with Crippen LogP contribution in [-0.2, 0) is 0 Å². The highest BCUT2D eigenvalue weighted by Crippen LogP contribution is 2.36. The third-order valence-electron chi connectivity index (χ3n) is 5.53. The summed E-state index contributed by atoms with van der Waals surface area (Å²) in [7, 11) is 0. The van der Waals surface area contributed by atoms with Gasteiger partial charge in [0, 0.05) is 45.9 Å². The molecular weight excluding hydrogens is 354 g/mol. The second kappa shape index (κ2) is 6.28. The number of para-hydroxylation sites is 1. The van der Waals surface area contributed by atoms with Gasteiger partial charge in [-0.05, 0) is 29.7 Å². The van der Waals surface area contributed by atoms with Gasteiger partial charge in [-0.1, -0.05) is 60.7 Å². The van der Waals surface area contributed by atoms with E-state index in [2.05, 4.69) is 88.4 Å². The fraction of sp³-hybridized carbons (Fsp3) is 0. The van der Waals surface area contributed by atoms with Crippen molar-refractivity contribution in [2.75, 3.05) is 0 Å². The van der Waals surface area contributed by atoms with Crippen LogP contribution in [0.3, 0.4) is 0 Å². The third-order valence-corrected chi connectivity index (χ3v) is 5.53. The molecule has 0 spiro atoms. The molecule has 3 aromatic heterocycles. The first-order valence-electron chi connectivity index (χ1n) is 9.68. The maximum atomic E-state index is 4.84. The van der Waals surface area contributed by atoms with E-state index in [-0.39, 0.29) is 0 Å². The van der Waals surface area contributed by atoms with E-state index in [1.807, 2.05) is 18.5 Å². The van der Waals surface area contributed by atoms with E-state index in [1.54, 1.807) is 6.20 Å². The van der Waals surface area contributed by atoms with Crippen LogP contribution in [0.2, 0.25) is 0 Å². The number of rotatable bonds is 2. The van der Waals surface area contributed by atoms with Crippen molar-refractivity contribution in [3.8, 4) is 16.9 Å². The normalized spacial score (nSPS) is 11.4. The smallest absolute Gasteiger partial charge is 0.137 e. The highest BCUT2D eigenvalue weighted by Gasteiger charge is 2.15. The van der Waals surface area contributed by atoms with Gasteiger partial charge in [-0.3, -0.25) is 9.55 Å². The number of hydrogen-bond acceptors (Lipinski definition) is 2. The Morgan fingerprint density at radius 1 is 0.586 bits per heavy atom. The van der Waals surface area contributed by atoms with E-state index in [0.717, 1.165) is 16.9 Å². The van der Waals surface area contributed by atoms with Crippen molar-refractivity contribution in [1.82, 2.24) is 14.5 Å². The topological polar surface area (TPSA) is 30.7 Å². The Morgan fingerprint density at radius 3 is 2.24 bits per heavy atom. The van der Waals surface area contributed by atoms with Gasteiger partial charge >= 0.3 is 0 Å². The molecule has 3 aromatic carbocycles. The molecule has 0 N–H and O–H groups in total. The lowest BCUT2D eigenvalue weighted by atomic mass is 10.1. The van der Waals surface area contributed by atoms with Gasteiger partial charge in [0.05, 0.1) is 11.0 Å². The second-order valence-electron chi connectivity index (χ2n) is 7.18. The molecule has 29 heavy (non-hydrogen) atoms. The van der Waals surface area contributed by atoms with Crippen LogP contribution in [0, 0.1) is 0 Å². The average Bonchev–Trinajstić information content (AvgIpc) is 3.15. The molecule has 0 saturated heterocycles. The van der Waals surface area contributed by atoms with Crippen LogP contribution in [0.4, 0.5) is 0 Å².